The number of aliphatic hydroxyl groups is 1. The van der Waals surface area contributed by atoms with E-state index < -0.39 is 0 Å². The lowest BCUT2D eigenvalue weighted by Gasteiger charge is -2.43. The van der Waals surface area contributed by atoms with Gasteiger partial charge >= 0.3 is 0 Å². The van der Waals surface area contributed by atoms with Crippen molar-refractivity contribution < 1.29 is 5.11 Å². The third-order valence-corrected chi connectivity index (χ3v) is 4.51. The first-order chi connectivity index (χ1) is 6.33. The Morgan fingerprint density at radius 1 is 1.29 bits per heavy atom. The Balaban J connectivity index is 2.80. The van der Waals surface area contributed by atoms with Gasteiger partial charge in [-0.2, -0.15) is 0 Å². The van der Waals surface area contributed by atoms with Crippen molar-refractivity contribution in [2.45, 2.75) is 33.6 Å². The van der Waals surface area contributed by atoms with Crippen molar-refractivity contribution in [3.8, 4) is 0 Å². The van der Waals surface area contributed by atoms with Crippen LogP contribution in [0.5, 0.6) is 0 Å². The van der Waals surface area contributed by atoms with Crippen molar-refractivity contribution in [1.82, 2.24) is 4.90 Å². The van der Waals surface area contributed by atoms with Gasteiger partial charge in [-0.15, -0.1) is 0 Å². The summed E-state index contributed by atoms with van der Waals surface area (Å²) in [5.41, 5.74) is 0.607. The first kappa shape index (κ1) is 12.0. The minimum Gasteiger partial charge on any atom is -0.396 e. The van der Waals surface area contributed by atoms with Gasteiger partial charge in [-0.25, -0.2) is 0 Å². The van der Waals surface area contributed by atoms with E-state index in [0.29, 0.717) is 17.9 Å². The Bertz CT molecular complexity index is 200. The molecule has 0 heterocycles. The molecule has 0 aromatic rings. The fourth-order valence-electron chi connectivity index (χ4n) is 2.97. The van der Waals surface area contributed by atoms with E-state index in [1.807, 2.05) is 0 Å². The fourth-order valence-corrected chi connectivity index (χ4v) is 2.97. The van der Waals surface area contributed by atoms with E-state index in [1.54, 1.807) is 0 Å². The van der Waals surface area contributed by atoms with E-state index in [1.165, 1.54) is 12.8 Å². The van der Waals surface area contributed by atoms with Crippen LogP contribution in [0.3, 0.4) is 0 Å². The average Bonchev–Trinajstić information content (AvgIpc) is 2.22. The quantitative estimate of drug-likeness (QED) is 0.751. The van der Waals surface area contributed by atoms with E-state index in [2.05, 4.69) is 39.8 Å². The van der Waals surface area contributed by atoms with Crippen LogP contribution in [-0.4, -0.2) is 37.3 Å². The largest absolute Gasteiger partial charge is 0.396 e. The summed E-state index contributed by atoms with van der Waals surface area (Å²) < 4.78 is 0. The van der Waals surface area contributed by atoms with Crippen molar-refractivity contribution in [2.24, 2.45) is 16.7 Å². The molecule has 1 rings (SSSR count). The summed E-state index contributed by atoms with van der Waals surface area (Å²) in [6.45, 7) is 8.45. The molecule has 1 N–H and O–H groups in total. The van der Waals surface area contributed by atoms with Gasteiger partial charge in [0.15, 0.2) is 0 Å². The molecule has 0 saturated heterocycles. The molecular weight excluding hydrogens is 174 g/mol. The van der Waals surface area contributed by atoms with Crippen LogP contribution in [0.2, 0.25) is 0 Å². The Morgan fingerprint density at radius 3 is 2.21 bits per heavy atom. The lowest BCUT2D eigenvalue weighted by molar-refractivity contribution is 0.0364. The Morgan fingerprint density at radius 2 is 1.86 bits per heavy atom. The van der Waals surface area contributed by atoms with Gasteiger partial charge in [0.1, 0.15) is 0 Å². The predicted octanol–water partition coefficient (Wildman–Crippen LogP) is 1.98. The molecule has 0 aliphatic heterocycles. The summed E-state index contributed by atoms with van der Waals surface area (Å²) in [5.74, 6) is 0.479. The van der Waals surface area contributed by atoms with Gasteiger partial charge in [0.2, 0.25) is 0 Å². The second kappa shape index (κ2) is 3.82. The van der Waals surface area contributed by atoms with Crippen molar-refractivity contribution in [3.05, 3.63) is 0 Å². The number of hydrogen-bond donors (Lipinski definition) is 1. The van der Waals surface area contributed by atoms with E-state index in [4.69, 9.17) is 0 Å². The molecule has 2 heteroatoms. The van der Waals surface area contributed by atoms with Crippen LogP contribution in [0.15, 0.2) is 0 Å². The Kier molecular flexibility index (Phi) is 3.27. The first-order valence-corrected chi connectivity index (χ1v) is 5.59. The standard InChI is InChI=1S/C12H25NO/c1-11(2)10(8-14)6-7-12(11,3)9-13(4)5/h10,14H,6-9H2,1-5H3. The second-order valence-electron chi connectivity index (χ2n) is 5.94. The zero-order valence-electron chi connectivity index (χ0n) is 10.3. The molecule has 0 radical (unpaired) electrons. The maximum Gasteiger partial charge on any atom is 0.0464 e. The summed E-state index contributed by atoms with van der Waals surface area (Å²) in [6.07, 6.45) is 2.41. The Hall–Kier alpha value is -0.0800. The highest BCUT2D eigenvalue weighted by Gasteiger charge is 2.50. The molecule has 1 aliphatic carbocycles. The molecule has 0 bridgehead atoms. The average molecular weight is 199 g/mol. The zero-order chi connectivity index (χ0) is 11.0. The third kappa shape index (κ3) is 1.82. The number of hydrogen-bond acceptors (Lipinski definition) is 2. The molecule has 2 unspecified atom stereocenters. The molecule has 2 nitrogen and oxygen atoms in total. The minimum absolute atomic E-state index is 0.256. The van der Waals surface area contributed by atoms with Crippen molar-refractivity contribution >= 4 is 0 Å². The predicted molar refractivity (Wildman–Crippen MR) is 60.3 cm³/mol. The van der Waals surface area contributed by atoms with Gasteiger partial charge < -0.3 is 10.0 Å². The third-order valence-electron chi connectivity index (χ3n) is 4.51. The molecule has 0 aromatic carbocycles. The van der Waals surface area contributed by atoms with Crippen molar-refractivity contribution in [2.75, 3.05) is 27.2 Å². The van der Waals surface area contributed by atoms with Crippen molar-refractivity contribution in [3.63, 3.8) is 0 Å². The number of nitrogens with zero attached hydrogens (tertiary/aromatic N) is 1. The van der Waals surface area contributed by atoms with Gasteiger partial charge in [-0.05, 0) is 43.7 Å². The van der Waals surface area contributed by atoms with E-state index in [0.717, 1.165) is 6.54 Å². The van der Waals surface area contributed by atoms with Crippen LogP contribution >= 0.6 is 0 Å². The SMILES string of the molecule is CN(C)CC1(C)CCC(CO)C1(C)C. The van der Waals surface area contributed by atoms with Crippen molar-refractivity contribution in [1.29, 1.82) is 0 Å². The topological polar surface area (TPSA) is 23.5 Å². The molecule has 1 fully saturated rings. The van der Waals surface area contributed by atoms with Crippen LogP contribution in [-0.2, 0) is 0 Å². The lowest BCUT2D eigenvalue weighted by atomic mass is 9.65. The molecule has 2 atom stereocenters. The number of aliphatic hydroxyl groups excluding tert-OH is 1. The molecule has 0 aromatic heterocycles. The zero-order valence-corrected chi connectivity index (χ0v) is 10.3. The molecule has 14 heavy (non-hydrogen) atoms. The van der Waals surface area contributed by atoms with Gasteiger partial charge in [0.05, 0.1) is 0 Å². The van der Waals surface area contributed by atoms with Gasteiger partial charge in [0, 0.05) is 13.2 Å². The maximum atomic E-state index is 9.35. The van der Waals surface area contributed by atoms with Gasteiger partial charge in [0.25, 0.3) is 0 Å². The highest BCUT2D eigenvalue weighted by Crippen LogP contribution is 2.55. The maximum absolute atomic E-state index is 9.35. The summed E-state index contributed by atoms with van der Waals surface area (Å²) in [5, 5.41) is 9.35. The molecular formula is C12H25NO. The van der Waals surface area contributed by atoms with E-state index in [9.17, 15) is 5.11 Å². The fraction of sp³-hybridized carbons (Fsp3) is 1.00. The second-order valence-corrected chi connectivity index (χ2v) is 5.94. The van der Waals surface area contributed by atoms with Crippen LogP contribution in [0, 0.1) is 16.7 Å². The van der Waals surface area contributed by atoms with Crippen LogP contribution in [0.25, 0.3) is 0 Å². The highest BCUT2D eigenvalue weighted by molar-refractivity contribution is 5.00. The van der Waals surface area contributed by atoms with Crippen LogP contribution < -0.4 is 0 Å². The summed E-state index contributed by atoms with van der Waals surface area (Å²) in [7, 11) is 4.27. The van der Waals surface area contributed by atoms with Gasteiger partial charge in [-0.1, -0.05) is 20.8 Å². The summed E-state index contributed by atoms with van der Waals surface area (Å²) in [6, 6.07) is 0. The number of rotatable bonds is 3. The molecule has 1 aliphatic rings. The van der Waals surface area contributed by atoms with Gasteiger partial charge in [-0.3, -0.25) is 0 Å². The monoisotopic (exact) mass is 199 g/mol. The Labute approximate surface area is 88.3 Å². The van der Waals surface area contributed by atoms with E-state index >= 15 is 0 Å². The van der Waals surface area contributed by atoms with Crippen LogP contribution in [0.1, 0.15) is 33.6 Å². The van der Waals surface area contributed by atoms with E-state index in [-0.39, 0.29) is 5.41 Å². The smallest absolute Gasteiger partial charge is 0.0464 e. The lowest BCUT2D eigenvalue weighted by Crippen LogP contribution is -2.42. The first-order valence-electron chi connectivity index (χ1n) is 5.59. The molecule has 0 amide bonds. The summed E-state index contributed by atoms with van der Waals surface area (Å²) >= 11 is 0. The molecule has 0 spiro atoms. The minimum atomic E-state index is 0.256. The molecule has 1 saturated carbocycles. The molecule has 84 valence electrons. The van der Waals surface area contributed by atoms with Crippen LogP contribution in [0.4, 0.5) is 0 Å². The normalized spacial score (nSPS) is 36.6. The highest BCUT2D eigenvalue weighted by atomic mass is 16.3. The summed E-state index contributed by atoms with van der Waals surface area (Å²) in [4.78, 5) is 2.27.